The number of halogens is 1. The fourth-order valence-electron chi connectivity index (χ4n) is 1.98. The number of rotatable bonds is 8. The molecule has 0 spiro atoms. The molecule has 0 aliphatic heterocycles. The number of thioether (sulfide) groups is 1. The second kappa shape index (κ2) is 8.84. The van der Waals surface area contributed by atoms with Gasteiger partial charge in [0.1, 0.15) is 0 Å². The molecule has 0 heterocycles. The van der Waals surface area contributed by atoms with Crippen LogP contribution in [0.1, 0.15) is 31.7 Å². The lowest BCUT2D eigenvalue weighted by atomic mass is 9.96. The Morgan fingerprint density at radius 2 is 1.94 bits per heavy atom. The first-order valence-electron chi connectivity index (χ1n) is 6.59. The van der Waals surface area contributed by atoms with Crippen LogP contribution in [0, 0.1) is 5.92 Å². The Labute approximate surface area is 121 Å². The first kappa shape index (κ1) is 15.9. The molecule has 0 amide bonds. The van der Waals surface area contributed by atoms with Crippen molar-refractivity contribution in [1.82, 2.24) is 5.32 Å². The molecule has 0 aliphatic rings. The van der Waals surface area contributed by atoms with Crippen LogP contribution in [0.4, 0.5) is 0 Å². The summed E-state index contributed by atoms with van der Waals surface area (Å²) in [6.45, 7) is 6.56. The largest absolute Gasteiger partial charge is 0.316 e. The molecule has 1 nitrogen and oxygen atoms in total. The molecule has 0 bridgehead atoms. The summed E-state index contributed by atoms with van der Waals surface area (Å²) in [7, 11) is 0. The lowest BCUT2D eigenvalue weighted by Gasteiger charge is -2.19. The third kappa shape index (κ3) is 5.64. The van der Waals surface area contributed by atoms with Crippen molar-refractivity contribution in [1.29, 1.82) is 0 Å². The lowest BCUT2D eigenvalue weighted by Crippen LogP contribution is -2.26. The average molecular weight is 286 g/mol. The summed E-state index contributed by atoms with van der Waals surface area (Å²) in [5.74, 6) is 2.39. The first-order valence-corrected chi connectivity index (χ1v) is 8.36. The van der Waals surface area contributed by atoms with Gasteiger partial charge in [-0.25, -0.2) is 0 Å². The van der Waals surface area contributed by atoms with Crippen LogP contribution in [0.3, 0.4) is 0 Å². The van der Waals surface area contributed by atoms with Crippen molar-refractivity contribution in [3.05, 3.63) is 34.9 Å². The van der Waals surface area contributed by atoms with Crippen LogP contribution in [0.25, 0.3) is 0 Å². The summed E-state index contributed by atoms with van der Waals surface area (Å²) in [5.41, 5.74) is 1.28. The van der Waals surface area contributed by atoms with Gasteiger partial charge in [-0.2, -0.15) is 11.8 Å². The van der Waals surface area contributed by atoms with Crippen molar-refractivity contribution in [3.8, 4) is 0 Å². The predicted molar refractivity (Wildman–Crippen MR) is 84.9 cm³/mol. The van der Waals surface area contributed by atoms with E-state index in [1.807, 2.05) is 23.9 Å². The molecule has 18 heavy (non-hydrogen) atoms. The van der Waals surface area contributed by atoms with E-state index in [0.717, 1.165) is 18.1 Å². The van der Waals surface area contributed by atoms with Gasteiger partial charge in [0, 0.05) is 11.6 Å². The van der Waals surface area contributed by atoms with Crippen molar-refractivity contribution in [2.45, 2.75) is 26.2 Å². The SMILES string of the molecule is CSCCC(CNCC(C)C)c1ccccc1Cl. The van der Waals surface area contributed by atoms with Crippen LogP contribution in [0.5, 0.6) is 0 Å². The van der Waals surface area contributed by atoms with Gasteiger partial charge in [0.15, 0.2) is 0 Å². The molecular weight excluding hydrogens is 262 g/mol. The molecule has 0 fully saturated rings. The lowest BCUT2D eigenvalue weighted by molar-refractivity contribution is 0.511. The Balaban J connectivity index is 2.62. The summed E-state index contributed by atoms with van der Waals surface area (Å²) in [4.78, 5) is 0. The van der Waals surface area contributed by atoms with Gasteiger partial charge in [-0.1, -0.05) is 43.6 Å². The summed E-state index contributed by atoms with van der Waals surface area (Å²) < 4.78 is 0. The van der Waals surface area contributed by atoms with Gasteiger partial charge < -0.3 is 5.32 Å². The monoisotopic (exact) mass is 285 g/mol. The molecule has 0 saturated heterocycles. The number of nitrogens with one attached hydrogen (secondary N) is 1. The fraction of sp³-hybridized carbons (Fsp3) is 0.600. The average Bonchev–Trinajstić information content (AvgIpc) is 2.34. The van der Waals surface area contributed by atoms with Crippen LogP contribution in [0.2, 0.25) is 5.02 Å². The molecule has 0 radical (unpaired) electrons. The van der Waals surface area contributed by atoms with Gasteiger partial charge in [-0.15, -0.1) is 0 Å². The zero-order valence-electron chi connectivity index (χ0n) is 11.6. The number of hydrogen-bond acceptors (Lipinski definition) is 2. The topological polar surface area (TPSA) is 12.0 Å². The fourth-order valence-corrected chi connectivity index (χ4v) is 2.79. The maximum absolute atomic E-state index is 6.30. The van der Waals surface area contributed by atoms with E-state index in [1.165, 1.54) is 17.7 Å². The van der Waals surface area contributed by atoms with Crippen LogP contribution in [-0.4, -0.2) is 25.1 Å². The number of hydrogen-bond donors (Lipinski definition) is 1. The highest BCUT2D eigenvalue weighted by Crippen LogP contribution is 2.27. The molecule has 3 heteroatoms. The van der Waals surface area contributed by atoms with E-state index in [2.05, 4.69) is 37.6 Å². The van der Waals surface area contributed by atoms with Gasteiger partial charge in [-0.05, 0) is 48.4 Å². The molecular formula is C15H24ClNS. The van der Waals surface area contributed by atoms with Crippen LogP contribution in [0.15, 0.2) is 24.3 Å². The van der Waals surface area contributed by atoms with Crippen molar-refractivity contribution in [2.75, 3.05) is 25.1 Å². The highest BCUT2D eigenvalue weighted by atomic mass is 35.5. The van der Waals surface area contributed by atoms with E-state index < -0.39 is 0 Å². The number of benzene rings is 1. The van der Waals surface area contributed by atoms with E-state index >= 15 is 0 Å². The molecule has 0 saturated carbocycles. The third-order valence-electron chi connectivity index (χ3n) is 2.96. The van der Waals surface area contributed by atoms with Crippen molar-refractivity contribution in [2.24, 2.45) is 5.92 Å². The second-order valence-electron chi connectivity index (χ2n) is 5.05. The van der Waals surface area contributed by atoms with Gasteiger partial charge in [0.05, 0.1) is 0 Å². The molecule has 1 aromatic rings. The standard InChI is InChI=1S/C15H24ClNS/c1-12(2)10-17-11-13(8-9-18-3)14-6-4-5-7-15(14)16/h4-7,12-13,17H,8-11H2,1-3H3. The summed E-state index contributed by atoms with van der Waals surface area (Å²) in [6, 6.07) is 8.23. The molecule has 1 atom stereocenters. The van der Waals surface area contributed by atoms with E-state index in [-0.39, 0.29) is 0 Å². The highest BCUT2D eigenvalue weighted by molar-refractivity contribution is 7.98. The Kier molecular flexibility index (Phi) is 7.80. The Hall–Kier alpha value is -0.180. The zero-order chi connectivity index (χ0) is 13.4. The van der Waals surface area contributed by atoms with Crippen LogP contribution >= 0.6 is 23.4 Å². The molecule has 102 valence electrons. The van der Waals surface area contributed by atoms with E-state index in [1.54, 1.807) is 0 Å². The van der Waals surface area contributed by atoms with Crippen LogP contribution < -0.4 is 5.32 Å². The second-order valence-corrected chi connectivity index (χ2v) is 6.44. The minimum Gasteiger partial charge on any atom is -0.316 e. The van der Waals surface area contributed by atoms with E-state index in [9.17, 15) is 0 Å². The Morgan fingerprint density at radius 3 is 2.56 bits per heavy atom. The molecule has 1 N–H and O–H groups in total. The first-order chi connectivity index (χ1) is 8.65. The van der Waals surface area contributed by atoms with Crippen molar-refractivity contribution >= 4 is 23.4 Å². The summed E-state index contributed by atoms with van der Waals surface area (Å²) in [5, 5.41) is 4.45. The molecule has 1 unspecified atom stereocenters. The molecule has 0 aliphatic carbocycles. The molecule has 1 rings (SSSR count). The maximum Gasteiger partial charge on any atom is 0.0441 e. The normalized spacial score (nSPS) is 12.9. The Bertz CT molecular complexity index is 341. The van der Waals surface area contributed by atoms with Crippen LogP contribution in [-0.2, 0) is 0 Å². The van der Waals surface area contributed by atoms with E-state index in [0.29, 0.717) is 11.8 Å². The summed E-state index contributed by atoms with van der Waals surface area (Å²) in [6.07, 6.45) is 3.33. The van der Waals surface area contributed by atoms with Gasteiger partial charge in [0.2, 0.25) is 0 Å². The third-order valence-corrected chi connectivity index (χ3v) is 3.95. The minimum absolute atomic E-state index is 0.518. The van der Waals surface area contributed by atoms with Crippen molar-refractivity contribution < 1.29 is 0 Å². The summed E-state index contributed by atoms with van der Waals surface area (Å²) >= 11 is 8.20. The van der Waals surface area contributed by atoms with E-state index in [4.69, 9.17) is 11.6 Å². The highest BCUT2D eigenvalue weighted by Gasteiger charge is 2.13. The van der Waals surface area contributed by atoms with Gasteiger partial charge in [0.25, 0.3) is 0 Å². The zero-order valence-corrected chi connectivity index (χ0v) is 13.2. The van der Waals surface area contributed by atoms with Crippen molar-refractivity contribution in [3.63, 3.8) is 0 Å². The minimum atomic E-state index is 0.518. The van der Waals surface area contributed by atoms with Gasteiger partial charge >= 0.3 is 0 Å². The maximum atomic E-state index is 6.30. The smallest absolute Gasteiger partial charge is 0.0441 e. The molecule has 1 aromatic carbocycles. The predicted octanol–water partition coefficient (Wildman–Crippen LogP) is 4.42. The molecule has 0 aromatic heterocycles. The Morgan fingerprint density at radius 1 is 1.22 bits per heavy atom. The quantitative estimate of drug-likeness (QED) is 0.759. The van der Waals surface area contributed by atoms with Gasteiger partial charge in [-0.3, -0.25) is 0 Å².